The molecule has 1 heterocycles. The average Bonchev–Trinajstić information content (AvgIpc) is 2.93. The van der Waals surface area contributed by atoms with Gasteiger partial charge in [0.25, 0.3) is 15.8 Å². The van der Waals surface area contributed by atoms with E-state index in [0.29, 0.717) is 0 Å². The maximum Gasteiger partial charge on any atom is 0.434 e. The molecule has 2 rings (SSSR count). The first kappa shape index (κ1) is 19.1. The summed E-state index contributed by atoms with van der Waals surface area (Å²) in [5.74, 6) is 0. The summed E-state index contributed by atoms with van der Waals surface area (Å²) in [6, 6.07) is 4.50. The van der Waals surface area contributed by atoms with Gasteiger partial charge in [-0.25, -0.2) is 4.79 Å². The molecule has 1 aliphatic heterocycles. The number of amides is 1. The van der Waals surface area contributed by atoms with E-state index in [1.807, 2.05) is 0 Å². The number of hydrogen-bond donors (Lipinski definition) is 0. The van der Waals surface area contributed by atoms with Crippen LogP contribution in [0.2, 0.25) is 0 Å². The van der Waals surface area contributed by atoms with Crippen LogP contribution in [0, 0.1) is 10.1 Å². The molecule has 1 aliphatic rings. The number of ether oxygens (including phenoxy) is 1. The number of carbonyl (C=O) groups is 1. The molecular formula is C14H18N2O8S. The Bertz CT molecular complexity index is 771. The minimum absolute atomic E-state index is 0.150. The van der Waals surface area contributed by atoms with E-state index in [9.17, 15) is 23.3 Å². The molecular weight excluding hydrogens is 356 g/mol. The van der Waals surface area contributed by atoms with Crippen molar-refractivity contribution in [2.24, 2.45) is 0 Å². The largest absolute Gasteiger partial charge is 0.442 e. The molecule has 0 aromatic heterocycles. The third-order valence-electron chi connectivity index (χ3n) is 2.96. The lowest BCUT2D eigenvalue weighted by molar-refractivity contribution is -0.385. The fraction of sp³-hybridized carbons (Fsp3) is 0.500. The quantitative estimate of drug-likeness (QED) is 0.444. The Labute approximate surface area is 144 Å². The van der Waals surface area contributed by atoms with E-state index in [1.165, 1.54) is 18.2 Å². The topological polar surface area (TPSA) is 125 Å². The predicted molar refractivity (Wildman–Crippen MR) is 84.0 cm³/mol. The molecule has 0 N–H and O–H groups in total. The van der Waals surface area contributed by atoms with Crippen molar-refractivity contribution in [2.75, 3.05) is 13.2 Å². The predicted octanol–water partition coefficient (Wildman–Crippen LogP) is 1.85. The fourth-order valence-electron chi connectivity index (χ4n) is 1.95. The van der Waals surface area contributed by atoms with Crippen molar-refractivity contribution in [1.29, 1.82) is 0 Å². The average molecular weight is 374 g/mol. The zero-order chi connectivity index (χ0) is 18.8. The Kier molecular flexibility index (Phi) is 5.30. The van der Waals surface area contributed by atoms with E-state index in [1.54, 1.807) is 20.8 Å². The highest BCUT2D eigenvalue weighted by atomic mass is 32.2. The van der Waals surface area contributed by atoms with Gasteiger partial charge in [0.1, 0.15) is 23.2 Å². The number of hydrogen-bond acceptors (Lipinski definition) is 8. The third-order valence-corrected chi connectivity index (χ3v) is 4.32. The van der Waals surface area contributed by atoms with Crippen LogP contribution in [0.3, 0.4) is 0 Å². The van der Waals surface area contributed by atoms with Gasteiger partial charge in [-0.05, 0) is 26.8 Å². The van der Waals surface area contributed by atoms with E-state index < -0.39 is 32.8 Å². The molecule has 0 spiro atoms. The van der Waals surface area contributed by atoms with Crippen LogP contribution in [0.25, 0.3) is 0 Å². The molecule has 1 aromatic rings. The summed E-state index contributed by atoms with van der Waals surface area (Å²) in [4.78, 5) is 26.6. The monoisotopic (exact) mass is 374 g/mol. The molecule has 10 nitrogen and oxygen atoms in total. The Morgan fingerprint density at radius 3 is 2.68 bits per heavy atom. The Morgan fingerprint density at radius 2 is 2.08 bits per heavy atom. The Morgan fingerprint density at radius 1 is 1.40 bits per heavy atom. The molecule has 1 saturated heterocycles. The molecule has 0 radical (unpaired) electrons. The van der Waals surface area contributed by atoms with Crippen molar-refractivity contribution in [3.63, 3.8) is 0 Å². The van der Waals surface area contributed by atoms with Gasteiger partial charge in [0.05, 0.1) is 11.5 Å². The molecule has 1 fully saturated rings. The van der Waals surface area contributed by atoms with E-state index >= 15 is 0 Å². The summed E-state index contributed by atoms with van der Waals surface area (Å²) in [5, 5.41) is 11.6. The van der Waals surface area contributed by atoms with Crippen LogP contribution < -0.4 is 0 Å². The number of nitro benzene ring substituents is 1. The molecule has 25 heavy (non-hydrogen) atoms. The second-order valence-electron chi connectivity index (χ2n) is 6.26. The van der Waals surface area contributed by atoms with Crippen LogP contribution >= 0.6 is 0 Å². The summed E-state index contributed by atoms with van der Waals surface area (Å²) in [6.45, 7) is 4.72. The lowest BCUT2D eigenvalue weighted by atomic mass is 10.2. The minimum Gasteiger partial charge on any atom is -0.442 e. The molecule has 1 aromatic carbocycles. The van der Waals surface area contributed by atoms with E-state index in [0.717, 1.165) is 11.1 Å². The van der Waals surface area contributed by atoms with Crippen LogP contribution in [0.1, 0.15) is 20.8 Å². The molecule has 138 valence electrons. The number of nitro groups is 1. The standard InChI is InChI=1S/C14H18N2O8S/c1-14(2,3)23-13(17)15-8-11(9-22-15)24-25(20,21)12-6-4-5-10(7-12)16(18)19/h4-7,11H,8-9H2,1-3H3/t11-/m0/s1. The number of nitrogens with zero attached hydrogens (tertiary/aromatic N) is 2. The third kappa shape index (κ3) is 5.11. The Balaban J connectivity index is 2.04. The number of rotatable bonds is 4. The van der Waals surface area contributed by atoms with Crippen molar-refractivity contribution in [3.05, 3.63) is 34.4 Å². The van der Waals surface area contributed by atoms with Crippen molar-refractivity contribution < 1.29 is 31.9 Å². The summed E-state index contributed by atoms with van der Waals surface area (Å²) in [7, 11) is -4.25. The molecule has 11 heteroatoms. The van der Waals surface area contributed by atoms with Gasteiger partial charge >= 0.3 is 6.09 Å². The summed E-state index contributed by atoms with van der Waals surface area (Å²) in [5.41, 5.74) is -1.10. The van der Waals surface area contributed by atoms with Crippen molar-refractivity contribution in [2.45, 2.75) is 37.4 Å². The van der Waals surface area contributed by atoms with Gasteiger partial charge in [-0.3, -0.25) is 19.1 Å². The summed E-state index contributed by atoms with van der Waals surface area (Å²) >= 11 is 0. The highest BCUT2D eigenvalue weighted by Gasteiger charge is 2.35. The van der Waals surface area contributed by atoms with Gasteiger partial charge in [0.2, 0.25) is 0 Å². The number of benzene rings is 1. The number of hydroxylamine groups is 2. The number of carbonyl (C=O) groups excluding carboxylic acids is 1. The first-order valence-electron chi connectivity index (χ1n) is 7.29. The molecule has 0 unspecified atom stereocenters. The van der Waals surface area contributed by atoms with Crippen LogP contribution in [0.5, 0.6) is 0 Å². The summed E-state index contributed by atoms with van der Waals surface area (Å²) < 4.78 is 34.6. The zero-order valence-corrected chi connectivity index (χ0v) is 14.7. The van der Waals surface area contributed by atoms with Gasteiger partial charge in [-0.1, -0.05) is 6.07 Å². The van der Waals surface area contributed by atoms with Gasteiger partial charge in [-0.15, -0.1) is 0 Å². The van der Waals surface area contributed by atoms with Crippen LogP contribution in [0.4, 0.5) is 10.5 Å². The second kappa shape index (κ2) is 6.94. The first-order valence-corrected chi connectivity index (χ1v) is 8.70. The molecule has 0 saturated carbocycles. The highest BCUT2D eigenvalue weighted by Crippen LogP contribution is 2.22. The minimum atomic E-state index is -4.25. The first-order chi connectivity index (χ1) is 11.5. The summed E-state index contributed by atoms with van der Waals surface area (Å²) in [6.07, 6.45) is -1.71. The van der Waals surface area contributed by atoms with E-state index in [-0.39, 0.29) is 23.7 Å². The van der Waals surface area contributed by atoms with Crippen LogP contribution in [-0.2, 0) is 23.9 Å². The van der Waals surface area contributed by atoms with Gasteiger partial charge in [0.15, 0.2) is 0 Å². The molecule has 0 bridgehead atoms. The molecule has 0 aliphatic carbocycles. The normalized spacial score (nSPS) is 18.2. The van der Waals surface area contributed by atoms with Crippen LogP contribution in [0.15, 0.2) is 29.2 Å². The fourth-order valence-corrected chi connectivity index (χ4v) is 3.05. The van der Waals surface area contributed by atoms with E-state index in [2.05, 4.69) is 0 Å². The second-order valence-corrected chi connectivity index (χ2v) is 7.84. The maximum absolute atomic E-state index is 12.2. The lowest BCUT2D eigenvalue weighted by Crippen LogP contribution is -2.35. The highest BCUT2D eigenvalue weighted by molar-refractivity contribution is 7.86. The van der Waals surface area contributed by atoms with Crippen molar-refractivity contribution in [3.8, 4) is 0 Å². The van der Waals surface area contributed by atoms with Gasteiger partial charge < -0.3 is 4.74 Å². The van der Waals surface area contributed by atoms with Crippen molar-refractivity contribution >= 4 is 21.9 Å². The van der Waals surface area contributed by atoms with Crippen molar-refractivity contribution in [1.82, 2.24) is 5.06 Å². The number of non-ortho nitro benzene ring substituents is 1. The van der Waals surface area contributed by atoms with Crippen LogP contribution in [-0.4, -0.2) is 49.4 Å². The SMILES string of the molecule is CC(C)(C)OC(=O)N1C[C@H](OS(=O)(=O)c2cccc([N+](=O)[O-])c2)CO1. The molecule has 1 amide bonds. The Hall–Kier alpha value is -2.24. The van der Waals surface area contributed by atoms with Gasteiger partial charge in [-0.2, -0.15) is 13.5 Å². The zero-order valence-electron chi connectivity index (χ0n) is 13.9. The maximum atomic E-state index is 12.2. The van der Waals surface area contributed by atoms with E-state index in [4.69, 9.17) is 13.8 Å². The lowest BCUT2D eigenvalue weighted by Gasteiger charge is -2.23. The van der Waals surface area contributed by atoms with Gasteiger partial charge in [0, 0.05) is 12.1 Å². The molecule has 1 atom stereocenters. The smallest absolute Gasteiger partial charge is 0.434 e.